The van der Waals surface area contributed by atoms with Gasteiger partial charge in [0.2, 0.25) is 0 Å². The summed E-state index contributed by atoms with van der Waals surface area (Å²) in [6, 6.07) is 4.69. The molecule has 0 amide bonds. The molecule has 0 fully saturated rings. The first-order valence-corrected chi connectivity index (χ1v) is 7.13. The van der Waals surface area contributed by atoms with Crippen molar-refractivity contribution in [2.75, 3.05) is 25.1 Å². The fourth-order valence-electron chi connectivity index (χ4n) is 1.82. The maximum Gasteiger partial charge on any atom is 0.128 e. The molecule has 0 aromatic carbocycles. The lowest BCUT2D eigenvalue weighted by Gasteiger charge is -2.18. The van der Waals surface area contributed by atoms with Crippen LogP contribution in [0.2, 0.25) is 0 Å². The van der Waals surface area contributed by atoms with Gasteiger partial charge in [0, 0.05) is 39.0 Å². The van der Waals surface area contributed by atoms with Gasteiger partial charge < -0.3 is 15.3 Å². The Bertz CT molecular complexity index is 338. The monoisotopic (exact) mass is 265 g/mol. The molecule has 0 bridgehead atoms. The second-order valence-corrected chi connectivity index (χ2v) is 5.27. The summed E-state index contributed by atoms with van der Waals surface area (Å²) in [5.41, 5.74) is 1.21. The molecule has 0 saturated carbocycles. The third-order valence-electron chi connectivity index (χ3n) is 3.07. The summed E-state index contributed by atoms with van der Waals surface area (Å²) in [4.78, 5) is 6.66. The number of nitrogens with one attached hydrogen (secondary N) is 1. The molecule has 0 aliphatic carbocycles. The van der Waals surface area contributed by atoms with E-state index in [1.54, 1.807) is 0 Å². The molecular weight excluding hydrogens is 238 g/mol. The van der Waals surface area contributed by atoms with Crippen LogP contribution in [0.15, 0.2) is 18.3 Å². The van der Waals surface area contributed by atoms with Crippen molar-refractivity contribution in [3.63, 3.8) is 0 Å². The van der Waals surface area contributed by atoms with E-state index in [4.69, 9.17) is 5.11 Å². The van der Waals surface area contributed by atoms with Gasteiger partial charge in [-0.25, -0.2) is 4.98 Å². The minimum absolute atomic E-state index is 0.291. The van der Waals surface area contributed by atoms with Crippen molar-refractivity contribution in [3.05, 3.63) is 23.9 Å². The maximum absolute atomic E-state index is 8.74. The van der Waals surface area contributed by atoms with Crippen molar-refractivity contribution < 1.29 is 5.11 Å². The normalized spacial score (nSPS) is 11.0. The second-order valence-electron chi connectivity index (χ2n) is 5.27. The molecule has 0 aliphatic rings. The fourth-order valence-corrected chi connectivity index (χ4v) is 1.82. The average molecular weight is 265 g/mol. The first kappa shape index (κ1) is 15.9. The lowest BCUT2D eigenvalue weighted by Crippen LogP contribution is -2.22. The predicted molar refractivity (Wildman–Crippen MR) is 80.4 cm³/mol. The molecule has 108 valence electrons. The molecule has 19 heavy (non-hydrogen) atoms. The van der Waals surface area contributed by atoms with Crippen molar-refractivity contribution in [2.45, 2.75) is 45.7 Å². The number of unbranched alkanes of at least 4 members (excludes halogenated alkanes) is 2. The van der Waals surface area contributed by atoms with E-state index in [-0.39, 0.29) is 0 Å². The highest BCUT2D eigenvalue weighted by atomic mass is 16.2. The highest BCUT2D eigenvalue weighted by molar-refractivity contribution is 5.38. The molecule has 0 atom stereocenters. The number of hydrogen-bond acceptors (Lipinski definition) is 4. The molecule has 4 heteroatoms. The molecule has 4 nitrogen and oxygen atoms in total. The Morgan fingerprint density at radius 1 is 1.26 bits per heavy atom. The average Bonchev–Trinajstić information content (AvgIpc) is 2.41. The number of hydrogen-bond donors (Lipinski definition) is 2. The van der Waals surface area contributed by atoms with E-state index in [9.17, 15) is 0 Å². The van der Waals surface area contributed by atoms with Crippen LogP contribution in [-0.4, -0.2) is 36.3 Å². The van der Waals surface area contributed by atoms with E-state index >= 15 is 0 Å². The van der Waals surface area contributed by atoms with E-state index in [2.05, 4.69) is 48.2 Å². The number of aliphatic hydroxyl groups excluding tert-OH is 1. The second kappa shape index (κ2) is 8.88. The van der Waals surface area contributed by atoms with Crippen molar-refractivity contribution in [1.29, 1.82) is 0 Å². The largest absolute Gasteiger partial charge is 0.396 e. The van der Waals surface area contributed by atoms with E-state index in [0.717, 1.165) is 38.2 Å². The maximum atomic E-state index is 8.74. The highest BCUT2D eigenvalue weighted by Crippen LogP contribution is 2.11. The summed E-state index contributed by atoms with van der Waals surface area (Å²) >= 11 is 0. The minimum atomic E-state index is 0.291. The summed E-state index contributed by atoms with van der Waals surface area (Å²) in [5, 5.41) is 12.1. The van der Waals surface area contributed by atoms with Gasteiger partial charge in [0.25, 0.3) is 0 Å². The molecule has 0 spiro atoms. The quantitative estimate of drug-likeness (QED) is 0.672. The summed E-state index contributed by atoms with van der Waals surface area (Å²) in [5.74, 6) is 1.01. The molecule has 2 N–H and O–H groups in total. The Balaban J connectivity index is 2.37. The smallest absolute Gasteiger partial charge is 0.128 e. The Hall–Kier alpha value is -1.13. The van der Waals surface area contributed by atoms with E-state index in [1.807, 2.05) is 6.20 Å². The number of aromatic nitrogens is 1. The van der Waals surface area contributed by atoms with Gasteiger partial charge >= 0.3 is 0 Å². The molecule has 1 aromatic heterocycles. The van der Waals surface area contributed by atoms with E-state index < -0.39 is 0 Å². The lowest BCUT2D eigenvalue weighted by molar-refractivity contribution is 0.283. The van der Waals surface area contributed by atoms with Crippen LogP contribution in [0.4, 0.5) is 5.82 Å². The van der Waals surface area contributed by atoms with Crippen LogP contribution < -0.4 is 10.2 Å². The third kappa shape index (κ3) is 6.55. The number of rotatable bonds is 9. The van der Waals surface area contributed by atoms with Gasteiger partial charge in [-0.2, -0.15) is 0 Å². The number of aliphatic hydroxyl groups is 1. The van der Waals surface area contributed by atoms with Gasteiger partial charge in [-0.15, -0.1) is 0 Å². The summed E-state index contributed by atoms with van der Waals surface area (Å²) in [7, 11) is 2.06. The Labute approximate surface area is 116 Å². The van der Waals surface area contributed by atoms with Crippen molar-refractivity contribution in [1.82, 2.24) is 10.3 Å². The molecule has 0 saturated heterocycles. The van der Waals surface area contributed by atoms with Crippen LogP contribution in [0.5, 0.6) is 0 Å². The standard InChI is InChI=1S/C15H27N3O/c1-13(2)16-11-14-7-8-15(17-12-14)18(3)9-5-4-6-10-19/h7-8,12-13,16,19H,4-6,9-11H2,1-3H3. The van der Waals surface area contributed by atoms with Crippen molar-refractivity contribution in [3.8, 4) is 0 Å². The van der Waals surface area contributed by atoms with Gasteiger partial charge in [0.1, 0.15) is 5.82 Å². The molecule has 0 radical (unpaired) electrons. The third-order valence-corrected chi connectivity index (χ3v) is 3.07. The lowest BCUT2D eigenvalue weighted by atomic mass is 10.2. The van der Waals surface area contributed by atoms with Gasteiger partial charge in [-0.05, 0) is 30.9 Å². The first-order valence-electron chi connectivity index (χ1n) is 7.13. The molecule has 1 heterocycles. The van der Waals surface area contributed by atoms with Crippen LogP contribution in [-0.2, 0) is 6.54 Å². The minimum Gasteiger partial charge on any atom is -0.396 e. The molecule has 1 aromatic rings. The number of pyridine rings is 1. The molecule has 0 aliphatic heterocycles. The zero-order chi connectivity index (χ0) is 14.1. The predicted octanol–water partition coefficient (Wildman–Crippen LogP) is 2.18. The number of nitrogens with zero attached hydrogens (tertiary/aromatic N) is 2. The van der Waals surface area contributed by atoms with Gasteiger partial charge in [0.15, 0.2) is 0 Å². The highest BCUT2D eigenvalue weighted by Gasteiger charge is 2.02. The summed E-state index contributed by atoms with van der Waals surface area (Å²) in [6.45, 7) is 6.42. The van der Waals surface area contributed by atoms with Crippen LogP contribution in [0.1, 0.15) is 38.7 Å². The van der Waals surface area contributed by atoms with Crippen LogP contribution in [0.3, 0.4) is 0 Å². The zero-order valence-corrected chi connectivity index (χ0v) is 12.4. The van der Waals surface area contributed by atoms with Crippen LogP contribution >= 0.6 is 0 Å². The van der Waals surface area contributed by atoms with Crippen LogP contribution in [0.25, 0.3) is 0 Å². The molecule has 0 unspecified atom stereocenters. The van der Waals surface area contributed by atoms with E-state index in [1.165, 1.54) is 5.56 Å². The molecular formula is C15H27N3O. The SMILES string of the molecule is CC(C)NCc1ccc(N(C)CCCCCO)nc1. The first-order chi connectivity index (χ1) is 9.13. The fraction of sp³-hybridized carbons (Fsp3) is 0.667. The Morgan fingerprint density at radius 2 is 2.05 bits per heavy atom. The Kier molecular flexibility index (Phi) is 7.45. The van der Waals surface area contributed by atoms with Gasteiger partial charge in [-0.3, -0.25) is 0 Å². The summed E-state index contributed by atoms with van der Waals surface area (Å²) < 4.78 is 0. The topological polar surface area (TPSA) is 48.4 Å². The van der Waals surface area contributed by atoms with Gasteiger partial charge in [0.05, 0.1) is 0 Å². The van der Waals surface area contributed by atoms with E-state index in [0.29, 0.717) is 12.6 Å². The van der Waals surface area contributed by atoms with Crippen LogP contribution in [0, 0.1) is 0 Å². The number of anilines is 1. The Morgan fingerprint density at radius 3 is 2.63 bits per heavy atom. The van der Waals surface area contributed by atoms with Crippen molar-refractivity contribution >= 4 is 5.82 Å². The zero-order valence-electron chi connectivity index (χ0n) is 12.4. The van der Waals surface area contributed by atoms with Crippen molar-refractivity contribution in [2.24, 2.45) is 0 Å². The summed E-state index contributed by atoms with van der Waals surface area (Å²) in [6.07, 6.45) is 4.99. The molecule has 1 rings (SSSR count). The van der Waals surface area contributed by atoms with Gasteiger partial charge in [-0.1, -0.05) is 19.9 Å².